The molecule has 122 valence electrons. The second-order valence-corrected chi connectivity index (χ2v) is 7.44. The molecule has 1 aliphatic rings. The lowest BCUT2D eigenvalue weighted by Crippen LogP contribution is -2.42. The van der Waals surface area contributed by atoms with Crippen LogP contribution in [-0.2, 0) is 14.8 Å². The van der Waals surface area contributed by atoms with Gasteiger partial charge in [0, 0.05) is 25.1 Å². The molecule has 1 N–H and O–H groups in total. The molecular formula is C14H18F2N2O3S. The lowest BCUT2D eigenvalue weighted by atomic mass is 9.97. The highest BCUT2D eigenvalue weighted by Crippen LogP contribution is 2.22. The summed E-state index contributed by atoms with van der Waals surface area (Å²) >= 11 is 0. The Morgan fingerprint density at radius 1 is 1.32 bits per heavy atom. The normalized spacial score (nSPS) is 17.4. The molecule has 1 fully saturated rings. The molecule has 1 aromatic carbocycles. The Hall–Kier alpha value is -1.54. The topological polar surface area (TPSA) is 66.5 Å². The molecule has 5 nitrogen and oxygen atoms in total. The van der Waals surface area contributed by atoms with E-state index in [0.717, 1.165) is 6.07 Å². The van der Waals surface area contributed by atoms with Crippen LogP contribution >= 0.6 is 0 Å². The number of halogens is 2. The second kappa shape index (κ2) is 6.70. The standard InChI is InChI=1S/C14H18F2N2O3S/c1-2-22(20,21)18-7-5-10(6-8-18)14(19)17-13-4-3-11(15)9-12(13)16/h3-4,9-10H,2,5-8H2,1H3,(H,17,19). The van der Waals surface area contributed by atoms with Gasteiger partial charge in [-0.25, -0.2) is 21.5 Å². The number of benzene rings is 1. The minimum absolute atomic E-state index is 0.0324. The quantitative estimate of drug-likeness (QED) is 0.917. The summed E-state index contributed by atoms with van der Waals surface area (Å²) in [5.74, 6) is -2.27. The van der Waals surface area contributed by atoms with Crippen LogP contribution in [0.25, 0.3) is 0 Å². The van der Waals surface area contributed by atoms with Crippen LogP contribution in [0, 0.1) is 17.6 Å². The van der Waals surface area contributed by atoms with Crippen molar-refractivity contribution in [2.45, 2.75) is 19.8 Å². The molecule has 22 heavy (non-hydrogen) atoms. The monoisotopic (exact) mass is 332 g/mol. The third-order valence-electron chi connectivity index (χ3n) is 3.77. The van der Waals surface area contributed by atoms with Gasteiger partial charge >= 0.3 is 0 Å². The number of sulfonamides is 1. The Labute approximate surface area is 128 Å². The van der Waals surface area contributed by atoms with E-state index in [-0.39, 0.29) is 36.4 Å². The molecule has 1 saturated heterocycles. The number of hydrogen-bond acceptors (Lipinski definition) is 3. The van der Waals surface area contributed by atoms with Gasteiger partial charge < -0.3 is 5.32 Å². The van der Waals surface area contributed by atoms with E-state index >= 15 is 0 Å². The van der Waals surface area contributed by atoms with Crippen molar-refractivity contribution in [2.75, 3.05) is 24.2 Å². The predicted octanol–water partition coefficient (Wildman–Crippen LogP) is 1.96. The molecule has 0 atom stereocenters. The Bertz CT molecular complexity index is 656. The van der Waals surface area contributed by atoms with Crippen molar-refractivity contribution in [1.29, 1.82) is 0 Å². The molecule has 0 saturated carbocycles. The first-order chi connectivity index (χ1) is 10.3. The van der Waals surface area contributed by atoms with E-state index in [0.29, 0.717) is 18.9 Å². The van der Waals surface area contributed by atoms with Gasteiger partial charge in [-0.2, -0.15) is 0 Å². The van der Waals surface area contributed by atoms with Gasteiger partial charge in [0.1, 0.15) is 11.6 Å². The molecule has 0 unspecified atom stereocenters. The number of anilines is 1. The van der Waals surface area contributed by atoms with Gasteiger partial charge in [0.2, 0.25) is 15.9 Å². The first kappa shape index (κ1) is 16.8. The van der Waals surface area contributed by atoms with Crippen LogP contribution in [0.1, 0.15) is 19.8 Å². The summed E-state index contributed by atoms with van der Waals surface area (Å²) in [6.07, 6.45) is 0.766. The molecule has 1 aromatic rings. The Morgan fingerprint density at radius 3 is 2.50 bits per heavy atom. The molecule has 0 bridgehead atoms. The maximum absolute atomic E-state index is 13.5. The van der Waals surface area contributed by atoms with Crippen molar-refractivity contribution in [1.82, 2.24) is 4.31 Å². The molecule has 0 spiro atoms. The van der Waals surface area contributed by atoms with E-state index < -0.39 is 21.7 Å². The average molecular weight is 332 g/mol. The van der Waals surface area contributed by atoms with Gasteiger partial charge in [-0.3, -0.25) is 4.79 Å². The minimum atomic E-state index is -3.24. The molecule has 0 radical (unpaired) electrons. The highest BCUT2D eigenvalue weighted by atomic mass is 32.2. The largest absolute Gasteiger partial charge is 0.323 e. The summed E-state index contributed by atoms with van der Waals surface area (Å²) in [6.45, 7) is 2.13. The van der Waals surface area contributed by atoms with Crippen LogP contribution in [-0.4, -0.2) is 37.5 Å². The number of carbonyl (C=O) groups excluding carboxylic acids is 1. The number of nitrogens with one attached hydrogen (secondary N) is 1. The number of carbonyl (C=O) groups is 1. The van der Waals surface area contributed by atoms with E-state index in [1.54, 1.807) is 6.92 Å². The van der Waals surface area contributed by atoms with Crippen LogP contribution in [0.15, 0.2) is 18.2 Å². The zero-order valence-corrected chi connectivity index (χ0v) is 13.0. The number of hydrogen-bond donors (Lipinski definition) is 1. The molecule has 1 aliphatic heterocycles. The SMILES string of the molecule is CCS(=O)(=O)N1CCC(C(=O)Nc2ccc(F)cc2F)CC1. The van der Waals surface area contributed by atoms with Gasteiger partial charge in [0.25, 0.3) is 0 Å². The summed E-state index contributed by atoms with van der Waals surface area (Å²) in [6, 6.07) is 2.93. The summed E-state index contributed by atoms with van der Waals surface area (Å²) < 4.78 is 51.2. The van der Waals surface area contributed by atoms with Crippen molar-refractivity contribution in [3.8, 4) is 0 Å². The van der Waals surface area contributed by atoms with Crippen LogP contribution < -0.4 is 5.32 Å². The lowest BCUT2D eigenvalue weighted by molar-refractivity contribution is -0.120. The predicted molar refractivity (Wildman–Crippen MR) is 78.7 cm³/mol. The summed E-state index contributed by atoms with van der Waals surface area (Å²) in [4.78, 5) is 12.1. The van der Waals surface area contributed by atoms with Crippen molar-refractivity contribution in [2.24, 2.45) is 5.92 Å². The molecule has 1 heterocycles. The molecule has 8 heteroatoms. The van der Waals surface area contributed by atoms with Crippen molar-refractivity contribution in [3.63, 3.8) is 0 Å². The average Bonchev–Trinajstić information content (AvgIpc) is 2.50. The number of piperidine rings is 1. The molecule has 1 amide bonds. The van der Waals surface area contributed by atoms with E-state index in [2.05, 4.69) is 5.32 Å². The lowest BCUT2D eigenvalue weighted by Gasteiger charge is -2.30. The first-order valence-corrected chi connectivity index (χ1v) is 8.68. The Morgan fingerprint density at radius 2 is 1.95 bits per heavy atom. The van der Waals surface area contributed by atoms with Gasteiger partial charge in [-0.15, -0.1) is 0 Å². The number of amides is 1. The highest BCUT2D eigenvalue weighted by molar-refractivity contribution is 7.89. The van der Waals surface area contributed by atoms with E-state index in [1.165, 1.54) is 10.4 Å². The Kier molecular flexibility index (Phi) is 5.12. The third kappa shape index (κ3) is 3.80. The molecule has 2 rings (SSSR count). The van der Waals surface area contributed by atoms with Crippen LogP contribution in [0.5, 0.6) is 0 Å². The Balaban J connectivity index is 1.95. The highest BCUT2D eigenvalue weighted by Gasteiger charge is 2.30. The van der Waals surface area contributed by atoms with Gasteiger partial charge in [-0.1, -0.05) is 0 Å². The molecule has 0 aliphatic carbocycles. The van der Waals surface area contributed by atoms with Crippen molar-refractivity contribution < 1.29 is 22.0 Å². The first-order valence-electron chi connectivity index (χ1n) is 7.07. The van der Waals surface area contributed by atoms with Crippen LogP contribution in [0.4, 0.5) is 14.5 Å². The third-order valence-corrected chi connectivity index (χ3v) is 5.65. The van der Waals surface area contributed by atoms with Crippen LogP contribution in [0.2, 0.25) is 0 Å². The zero-order valence-electron chi connectivity index (χ0n) is 12.2. The van der Waals surface area contributed by atoms with E-state index in [9.17, 15) is 22.0 Å². The molecular weight excluding hydrogens is 314 g/mol. The summed E-state index contributed by atoms with van der Waals surface area (Å²) in [5.41, 5.74) is -0.0741. The smallest absolute Gasteiger partial charge is 0.227 e. The van der Waals surface area contributed by atoms with Crippen LogP contribution in [0.3, 0.4) is 0 Å². The fourth-order valence-corrected chi connectivity index (χ4v) is 3.54. The van der Waals surface area contributed by atoms with Crippen molar-refractivity contribution >= 4 is 21.6 Å². The van der Waals surface area contributed by atoms with Gasteiger partial charge in [0.05, 0.1) is 11.4 Å². The molecule has 0 aromatic heterocycles. The maximum atomic E-state index is 13.5. The number of nitrogens with zero attached hydrogens (tertiary/aromatic N) is 1. The van der Waals surface area contributed by atoms with E-state index in [1.807, 2.05) is 0 Å². The van der Waals surface area contributed by atoms with E-state index in [4.69, 9.17) is 0 Å². The fraction of sp³-hybridized carbons (Fsp3) is 0.500. The van der Waals surface area contributed by atoms with Crippen molar-refractivity contribution in [3.05, 3.63) is 29.8 Å². The maximum Gasteiger partial charge on any atom is 0.227 e. The summed E-state index contributed by atoms with van der Waals surface area (Å²) in [5, 5.41) is 2.43. The summed E-state index contributed by atoms with van der Waals surface area (Å²) in [7, 11) is -3.24. The number of rotatable bonds is 4. The van der Waals surface area contributed by atoms with Gasteiger partial charge in [0.15, 0.2) is 0 Å². The minimum Gasteiger partial charge on any atom is -0.323 e. The zero-order chi connectivity index (χ0) is 16.3. The van der Waals surface area contributed by atoms with Gasteiger partial charge in [-0.05, 0) is 31.9 Å². The fourth-order valence-electron chi connectivity index (χ4n) is 2.40. The second-order valence-electron chi connectivity index (χ2n) is 5.19.